The van der Waals surface area contributed by atoms with Gasteiger partial charge in [-0.1, -0.05) is 29.8 Å². The van der Waals surface area contributed by atoms with Crippen molar-refractivity contribution in [1.29, 1.82) is 0 Å². The summed E-state index contributed by atoms with van der Waals surface area (Å²) in [6, 6.07) is 13.5. The molecular formula is C22H23NO4. The maximum atomic E-state index is 13.1. The fourth-order valence-corrected chi connectivity index (χ4v) is 3.05. The van der Waals surface area contributed by atoms with Crippen LogP contribution in [0.15, 0.2) is 48.7 Å². The smallest absolute Gasteiger partial charge is 0.209 e. The summed E-state index contributed by atoms with van der Waals surface area (Å²) in [7, 11) is 6.46. The van der Waals surface area contributed by atoms with Gasteiger partial charge in [0.15, 0.2) is 11.5 Å². The molecule has 0 aliphatic rings. The lowest BCUT2D eigenvalue weighted by Gasteiger charge is -2.13. The van der Waals surface area contributed by atoms with E-state index in [2.05, 4.69) is 24.3 Å². The molecule has 0 fully saturated rings. The number of benzene rings is 2. The number of hydrogen-bond donors (Lipinski definition) is 0. The quantitative estimate of drug-likeness (QED) is 0.613. The summed E-state index contributed by atoms with van der Waals surface area (Å²) in [6.07, 6.45) is 1.95. The maximum Gasteiger partial charge on any atom is 0.209 e. The molecule has 3 rings (SSSR count). The number of rotatable bonds is 6. The molecule has 0 amide bonds. The van der Waals surface area contributed by atoms with E-state index in [1.165, 1.54) is 26.9 Å². The predicted molar refractivity (Wildman–Crippen MR) is 105 cm³/mol. The van der Waals surface area contributed by atoms with Crippen molar-refractivity contribution < 1.29 is 19.0 Å². The molecule has 3 aromatic rings. The molecule has 0 atom stereocenters. The third-order valence-corrected chi connectivity index (χ3v) is 4.55. The van der Waals surface area contributed by atoms with Crippen LogP contribution in [0.4, 0.5) is 0 Å². The zero-order valence-electron chi connectivity index (χ0n) is 16.2. The lowest BCUT2D eigenvalue weighted by Crippen LogP contribution is -2.08. The summed E-state index contributed by atoms with van der Waals surface area (Å²) in [5, 5.41) is 0. The van der Waals surface area contributed by atoms with Gasteiger partial charge in [0.2, 0.25) is 11.5 Å². The van der Waals surface area contributed by atoms with E-state index in [0.29, 0.717) is 28.5 Å². The first-order chi connectivity index (χ1) is 13.0. The zero-order chi connectivity index (χ0) is 19.6. The van der Waals surface area contributed by atoms with E-state index in [1.807, 2.05) is 30.8 Å². The first kappa shape index (κ1) is 18.6. The van der Waals surface area contributed by atoms with Crippen molar-refractivity contribution in [3.05, 3.63) is 65.5 Å². The molecular weight excluding hydrogens is 342 g/mol. The van der Waals surface area contributed by atoms with Crippen molar-refractivity contribution >= 4 is 5.78 Å². The first-order valence-corrected chi connectivity index (χ1v) is 8.56. The van der Waals surface area contributed by atoms with E-state index in [1.54, 1.807) is 12.1 Å². The van der Waals surface area contributed by atoms with E-state index >= 15 is 0 Å². The highest BCUT2D eigenvalue weighted by molar-refractivity contribution is 6.09. The largest absolute Gasteiger partial charge is 0.493 e. The van der Waals surface area contributed by atoms with Gasteiger partial charge in [0.05, 0.1) is 27.0 Å². The molecule has 0 saturated heterocycles. The van der Waals surface area contributed by atoms with Gasteiger partial charge in [-0.15, -0.1) is 0 Å². The summed E-state index contributed by atoms with van der Waals surface area (Å²) in [4.78, 5) is 13.1. The Bertz CT molecular complexity index is 945. The van der Waals surface area contributed by atoms with E-state index in [4.69, 9.17) is 14.2 Å². The van der Waals surface area contributed by atoms with Gasteiger partial charge in [0.25, 0.3) is 0 Å². The van der Waals surface area contributed by atoms with Gasteiger partial charge in [-0.25, -0.2) is 0 Å². The number of aryl methyl sites for hydroxylation is 2. The van der Waals surface area contributed by atoms with Crippen LogP contribution in [-0.2, 0) is 7.05 Å². The molecule has 2 aromatic carbocycles. The zero-order valence-corrected chi connectivity index (χ0v) is 16.2. The lowest BCUT2D eigenvalue weighted by molar-refractivity contribution is 0.103. The van der Waals surface area contributed by atoms with Gasteiger partial charge < -0.3 is 18.8 Å². The number of carbonyl (C=O) groups is 1. The Morgan fingerprint density at radius 3 is 1.96 bits per heavy atom. The lowest BCUT2D eigenvalue weighted by atomic mass is 10.0. The molecule has 0 N–H and O–H groups in total. The molecule has 0 bridgehead atoms. The minimum atomic E-state index is -0.116. The Kier molecular flexibility index (Phi) is 5.21. The predicted octanol–water partition coefficient (Wildman–Crippen LogP) is 4.26. The first-order valence-electron chi connectivity index (χ1n) is 8.56. The second-order valence-corrected chi connectivity index (χ2v) is 6.33. The Hall–Kier alpha value is -3.21. The Labute approximate surface area is 159 Å². The van der Waals surface area contributed by atoms with E-state index < -0.39 is 0 Å². The summed E-state index contributed by atoms with van der Waals surface area (Å²) in [5.41, 5.74) is 4.32. The minimum absolute atomic E-state index is 0.116. The monoisotopic (exact) mass is 365 g/mol. The van der Waals surface area contributed by atoms with Gasteiger partial charge in [-0.3, -0.25) is 4.79 Å². The number of ketones is 1. The highest BCUT2D eigenvalue weighted by Crippen LogP contribution is 2.39. The number of aromatic nitrogens is 1. The van der Waals surface area contributed by atoms with Crippen LogP contribution in [0.2, 0.25) is 0 Å². The number of hydrogen-bond acceptors (Lipinski definition) is 4. The Morgan fingerprint density at radius 2 is 1.44 bits per heavy atom. The van der Waals surface area contributed by atoms with Crippen LogP contribution in [0.5, 0.6) is 17.2 Å². The molecule has 0 saturated carbocycles. The molecule has 0 radical (unpaired) electrons. The third kappa shape index (κ3) is 3.53. The molecule has 5 heteroatoms. The van der Waals surface area contributed by atoms with Crippen molar-refractivity contribution in [2.24, 2.45) is 7.05 Å². The normalized spacial score (nSPS) is 10.6. The van der Waals surface area contributed by atoms with E-state index in [-0.39, 0.29) is 5.78 Å². The fourth-order valence-electron chi connectivity index (χ4n) is 3.05. The van der Waals surface area contributed by atoms with Crippen LogP contribution in [0.3, 0.4) is 0 Å². The second kappa shape index (κ2) is 7.58. The van der Waals surface area contributed by atoms with Crippen molar-refractivity contribution in [2.45, 2.75) is 6.92 Å². The average molecular weight is 365 g/mol. The van der Waals surface area contributed by atoms with Crippen molar-refractivity contribution in [3.8, 4) is 28.4 Å². The van der Waals surface area contributed by atoms with Gasteiger partial charge in [-0.05, 0) is 30.7 Å². The highest BCUT2D eigenvalue weighted by Gasteiger charge is 2.20. The van der Waals surface area contributed by atoms with Crippen molar-refractivity contribution in [3.63, 3.8) is 0 Å². The topological polar surface area (TPSA) is 49.7 Å². The molecule has 5 nitrogen and oxygen atoms in total. The molecule has 0 aliphatic heterocycles. The number of ether oxygens (including phenoxy) is 3. The molecule has 0 aliphatic carbocycles. The third-order valence-electron chi connectivity index (χ3n) is 4.55. The van der Waals surface area contributed by atoms with Gasteiger partial charge in [0.1, 0.15) is 0 Å². The highest BCUT2D eigenvalue weighted by atomic mass is 16.5. The molecule has 27 heavy (non-hydrogen) atoms. The van der Waals surface area contributed by atoms with Gasteiger partial charge in [0, 0.05) is 24.4 Å². The average Bonchev–Trinajstić information content (AvgIpc) is 3.08. The Morgan fingerprint density at radius 1 is 0.852 bits per heavy atom. The minimum Gasteiger partial charge on any atom is -0.493 e. The molecule has 140 valence electrons. The van der Waals surface area contributed by atoms with Crippen LogP contribution >= 0.6 is 0 Å². The summed E-state index contributed by atoms with van der Waals surface area (Å²) < 4.78 is 17.9. The number of carbonyl (C=O) groups excluding carboxylic acids is 1. The van der Waals surface area contributed by atoms with Crippen LogP contribution in [-0.4, -0.2) is 31.7 Å². The number of methoxy groups -OCH3 is 3. The fraction of sp³-hybridized carbons (Fsp3) is 0.227. The number of nitrogens with zero attached hydrogens (tertiary/aromatic N) is 1. The standard InChI is InChI=1S/C22H23NO4/c1-14-6-8-15(9-7-14)17-10-18(23(2)13-17)21(24)16-11-19(25-3)22(27-5)20(12-16)26-4/h6-13H,1-5H3. The summed E-state index contributed by atoms with van der Waals surface area (Å²) in [6.45, 7) is 2.05. The van der Waals surface area contributed by atoms with Crippen LogP contribution in [0.1, 0.15) is 21.6 Å². The van der Waals surface area contributed by atoms with Crippen LogP contribution in [0.25, 0.3) is 11.1 Å². The molecule has 1 heterocycles. The molecule has 1 aromatic heterocycles. The maximum absolute atomic E-state index is 13.1. The van der Waals surface area contributed by atoms with Gasteiger partial charge in [-0.2, -0.15) is 0 Å². The second-order valence-electron chi connectivity index (χ2n) is 6.33. The summed E-state index contributed by atoms with van der Waals surface area (Å²) >= 11 is 0. The SMILES string of the molecule is COc1cc(C(=O)c2cc(-c3ccc(C)cc3)cn2C)cc(OC)c1OC. The summed E-state index contributed by atoms with van der Waals surface area (Å²) in [5.74, 6) is 1.25. The van der Waals surface area contributed by atoms with Crippen LogP contribution in [0, 0.1) is 6.92 Å². The van der Waals surface area contributed by atoms with E-state index in [9.17, 15) is 4.79 Å². The molecule has 0 unspecified atom stereocenters. The van der Waals surface area contributed by atoms with Crippen molar-refractivity contribution in [1.82, 2.24) is 4.57 Å². The Balaban J connectivity index is 2.02. The van der Waals surface area contributed by atoms with Crippen molar-refractivity contribution in [2.75, 3.05) is 21.3 Å². The van der Waals surface area contributed by atoms with Gasteiger partial charge >= 0.3 is 0 Å². The van der Waals surface area contributed by atoms with Crippen LogP contribution < -0.4 is 14.2 Å². The van der Waals surface area contributed by atoms with E-state index in [0.717, 1.165) is 11.1 Å². The molecule has 0 spiro atoms.